The first-order valence-corrected chi connectivity index (χ1v) is 13.4. The maximum absolute atomic E-state index is 11.9. The fourth-order valence-electron chi connectivity index (χ4n) is 5.75. The Morgan fingerprint density at radius 1 is 1.09 bits per heavy atom. The minimum absolute atomic E-state index is 0.0515. The van der Waals surface area contributed by atoms with Gasteiger partial charge in [-0.15, -0.1) is 11.3 Å². The SMILES string of the molecule is CN(C)C(=O)NC1CCC(CCN2CCN(c3cccc4sccc34)C(C3CC3)C2)CC1. The maximum atomic E-state index is 11.9. The fraction of sp³-hybridized carbons (Fsp3) is 0.654. The third kappa shape index (κ3) is 4.91. The van der Waals surface area contributed by atoms with Gasteiger partial charge < -0.3 is 15.1 Å². The molecule has 6 heteroatoms. The van der Waals surface area contributed by atoms with Crippen LogP contribution in [0.25, 0.3) is 10.1 Å². The molecular formula is C26H38N4OS. The molecule has 1 aliphatic heterocycles. The van der Waals surface area contributed by atoms with Crippen LogP contribution >= 0.6 is 11.3 Å². The Morgan fingerprint density at radius 3 is 2.66 bits per heavy atom. The molecule has 5 nitrogen and oxygen atoms in total. The van der Waals surface area contributed by atoms with E-state index in [0.29, 0.717) is 12.1 Å². The highest BCUT2D eigenvalue weighted by molar-refractivity contribution is 7.17. The average Bonchev–Trinajstić information content (AvgIpc) is 3.54. The summed E-state index contributed by atoms with van der Waals surface area (Å²) >= 11 is 1.86. The molecule has 2 heterocycles. The molecule has 5 rings (SSSR count). The number of rotatable bonds is 6. The summed E-state index contributed by atoms with van der Waals surface area (Å²) in [5.74, 6) is 1.70. The highest BCUT2D eigenvalue weighted by atomic mass is 32.1. The van der Waals surface area contributed by atoms with E-state index in [4.69, 9.17) is 0 Å². The van der Waals surface area contributed by atoms with Gasteiger partial charge in [0.2, 0.25) is 0 Å². The molecule has 0 bridgehead atoms. The van der Waals surface area contributed by atoms with Crippen molar-refractivity contribution in [3.05, 3.63) is 29.6 Å². The van der Waals surface area contributed by atoms with E-state index in [2.05, 4.69) is 44.8 Å². The second kappa shape index (κ2) is 9.60. The zero-order valence-corrected chi connectivity index (χ0v) is 20.4. The number of nitrogens with zero attached hydrogens (tertiary/aromatic N) is 3. The molecule has 174 valence electrons. The molecule has 0 radical (unpaired) electrons. The minimum Gasteiger partial charge on any atom is -0.365 e. The Morgan fingerprint density at radius 2 is 1.91 bits per heavy atom. The topological polar surface area (TPSA) is 38.8 Å². The summed E-state index contributed by atoms with van der Waals surface area (Å²) in [4.78, 5) is 19.0. The van der Waals surface area contributed by atoms with Crippen molar-refractivity contribution < 1.29 is 4.79 Å². The molecule has 2 aliphatic carbocycles. The van der Waals surface area contributed by atoms with Gasteiger partial charge >= 0.3 is 6.03 Å². The van der Waals surface area contributed by atoms with E-state index in [9.17, 15) is 4.79 Å². The number of carbonyl (C=O) groups is 1. The third-order valence-corrected chi connectivity index (χ3v) is 8.77. The van der Waals surface area contributed by atoms with Crippen LogP contribution in [-0.2, 0) is 0 Å². The molecule has 32 heavy (non-hydrogen) atoms. The number of anilines is 1. The lowest BCUT2D eigenvalue weighted by Crippen LogP contribution is -2.54. The van der Waals surface area contributed by atoms with Crippen LogP contribution in [0.5, 0.6) is 0 Å². The number of amides is 2. The van der Waals surface area contributed by atoms with Crippen LogP contribution in [-0.4, -0.2) is 68.2 Å². The van der Waals surface area contributed by atoms with Crippen molar-refractivity contribution >= 4 is 33.1 Å². The molecule has 3 fully saturated rings. The first-order valence-electron chi connectivity index (χ1n) is 12.5. The number of hydrogen-bond acceptors (Lipinski definition) is 4. The average molecular weight is 455 g/mol. The smallest absolute Gasteiger partial charge is 0.317 e. The van der Waals surface area contributed by atoms with Crippen molar-refractivity contribution in [3.63, 3.8) is 0 Å². The quantitative estimate of drug-likeness (QED) is 0.666. The van der Waals surface area contributed by atoms with Crippen molar-refractivity contribution in [2.45, 2.75) is 57.0 Å². The van der Waals surface area contributed by atoms with Crippen molar-refractivity contribution in [1.82, 2.24) is 15.1 Å². The van der Waals surface area contributed by atoms with Crippen LogP contribution in [0, 0.1) is 11.8 Å². The summed E-state index contributed by atoms with van der Waals surface area (Å²) in [6.45, 7) is 4.79. The Balaban J connectivity index is 1.13. The number of urea groups is 1. The largest absolute Gasteiger partial charge is 0.365 e. The number of carbonyl (C=O) groups excluding carboxylic acids is 1. The van der Waals surface area contributed by atoms with Gasteiger partial charge in [-0.2, -0.15) is 0 Å². The maximum Gasteiger partial charge on any atom is 0.317 e. The van der Waals surface area contributed by atoms with E-state index in [1.807, 2.05) is 25.4 Å². The van der Waals surface area contributed by atoms with Gasteiger partial charge in [0.05, 0.1) is 0 Å². The Hall–Kier alpha value is -1.79. The van der Waals surface area contributed by atoms with Crippen LogP contribution < -0.4 is 10.2 Å². The van der Waals surface area contributed by atoms with Crippen molar-refractivity contribution in [2.75, 3.05) is 45.2 Å². The molecule has 2 aromatic rings. The van der Waals surface area contributed by atoms with Gasteiger partial charge in [-0.1, -0.05) is 6.07 Å². The lowest BCUT2D eigenvalue weighted by molar-refractivity contribution is 0.180. The van der Waals surface area contributed by atoms with Crippen LogP contribution in [0.3, 0.4) is 0 Å². The molecule has 2 saturated carbocycles. The van der Waals surface area contributed by atoms with E-state index >= 15 is 0 Å². The normalized spacial score (nSPS) is 26.9. The van der Waals surface area contributed by atoms with E-state index in [1.165, 1.54) is 67.5 Å². The number of fused-ring (bicyclic) bond motifs is 1. The van der Waals surface area contributed by atoms with E-state index < -0.39 is 0 Å². The lowest BCUT2D eigenvalue weighted by Gasteiger charge is -2.44. The van der Waals surface area contributed by atoms with Crippen LogP contribution in [0.2, 0.25) is 0 Å². The summed E-state index contributed by atoms with van der Waals surface area (Å²) < 4.78 is 1.41. The zero-order valence-electron chi connectivity index (χ0n) is 19.6. The molecule has 1 N–H and O–H groups in total. The van der Waals surface area contributed by atoms with E-state index in [0.717, 1.165) is 31.2 Å². The van der Waals surface area contributed by atoms with Gasteiger partial charge in [0.15, 0.2) is 0 Å². The van der Waals surface area contributed by atoms with Gasteiger partial charge in [0.1, 0.15) is 0 Å². The second-order valence-corrected chi connectivity index (χ2v) is 11.3. The molecule has 1 aromatic carbocycles. The number of benzene rings is 1. The lowest BCUT2D eigenvalue weighted by atomic mass is 9.84. The number of piperazine rings is 1. The number of nitrogens with one attached hydrogen (secondary N) is 1. The molecule has 2 amide bonds. The molecule has 3 aliphatic rings. The molecule has 1 unspecified atom stereocenters. The van der Waals surface area contributed by atoms with Crippen molar-refractivity contribution in [3.8, 4) is 0 Å². The van der Waals surface area contributed by atoms with Crippen LogP contribution in [0.1, 0.15) is 44.9 Å². The highest BCUT2D eigenvalue weighted by Gasteiger charge is 2.39. The molecule has 1 saturated heterocycles. The van der Waals surface area contributed by atoms with E-state index in [-0.39, 0.29) is 6.03 Å². The van der Waals surface area contributed by atoms with E-state index in [1.54, 1.807) is 4.90 Å². The molecular weight excluding hydrogens is 416 g/mol. The first kappa shape index (κ1) is 22.0. The van der Waals surface area contributed by atoms with Crippen molar-refractivity contribution in [2.24, 2.45) is 11.8 Å². The van der Waals surface area contributed by atoms with Gasteiger partial charge in [-0.25, -0.2) is 4.79 Å². The molecule has 1 aromatic heterocycles. The predicted octanol–water partition coefficient (Wildman–Crippen LogP) is 5.02. The molecule has 0 spiro atoms. The summed E-state index contributed by atoms with van der Waals surface area (Å²) in [5, 5.41) is 6.85. The van der Waals surface area contributed by atoms with Gasteiger partial charge in [0, 0.05) is 61.6 Å². The summed E-state index contributed by atoms with van der Waals surface area (Å²) in [6.07, 6.45) is 8.89. The second-order valence-electron chi connectivity index (χ2n) is 10.4. The Labute approximate surface area is 196 Å². The predicted molar refractivity (Wildman–Crippen MR) is 135 cm³/mol. The Bertz CT molecular complexity index is 915. The summed E-state index contributed by atoms with van der Waals surface area (Å²) in [5.41, 5.74) is 1.46. The third-order valence-electron chi connectivity index (χ3n) is 7.89. The monoisotopic (exact) mass is 454 g/mol. The van der Waals surface area contributed by atoms with Crippen LogP contribution in [0.4, 0.5) is 10.5 Å². The Kier molecular flexibility index (Phi) is 6.61. The zero-order chi connectivity index (χ0) is 22.1. The van der Waals surface area contributed by atoms with Crippen LogP contribution in [0.15, 0.2) is 29.6 Å². The van der Waals surface area contributed by atoms with Gasteiger partial charge in [-0.05, 0) is 86.9 Å². The number of hydrogen-bond donors (Lipinski definition) is 1. The fourth-order valence-corrected chi connectivity index (χ4v) is 6.56. The first-order chi connectivity index (χ1) is 15.6. The highest BCUT2D eigenvalue weighted by Crippen LogP contribution is 2.41. The summed E-state index contributed by atoms with van der Waals surface area (Å²) in [7, 11) is 3.63. The van der Waals surface area contributed by atoms with Crippen molar-refractivity contribution in [1.29, 1.82) is 0 Å². The standard InChI is InChI=1S/C26H38N4OS/c1-28(2)26(31)27-21-10-6-19(7-11-21)12-14-29-15-16-30(24(18-29)20-8-9-20)23-4-3-5-25-22(23)13-17-32-25/h3-5,13,17,19-21,24H,6-12,14-16,18H2,1-2H3,(H,27,31). The summed E-state index contributed by atoms with van der Waals surface area (Å²) in [6, 6.07) is 10.2. The van der Waals surface area contributed by atoms with Gasteiger partial charge in [0.25, 0.3) is 0 Å². The van der Waals surface area contributed by atoms with Gasteiger partial charge in [-0.3, -0.25) is 4.90 Å². The molecule has 1 atom stereocenters. The number of thiophene rings is 1. The minimum atomic E-state index is 0.0515.